The molecule has 4 nitrogen and oxygen atoms in total. The van der Waals surface area contributed by atoms with E-state index < -0.39 is 0 Å². The molecule has 1 aliphatic rings. The van der Waals surface area contributed by atoms with Crippen LogP contribution in [0.25, 0.3) is 0 Å². The first-order chi connectivity index (χ1) is 9.15. The number of carbonyl (C=O) groups excluding carboxylic acids is 2. The van der Waals surface area contributed by atoms with Gasteiger partial charge in [-0.05, 0) is 35.2 Å². The van der Waals surface area contributed by atoms with E-state index in [4.69, 9.17) is 0 Å². The Balaban J connectivity index is 1.83. The van der Waals surface area contributed by atoms with E-state index in [0.29, 0.717) is 12.0 Å². The molecule has 2 heterocycles. The molecule has 0 saturated carbocycles. The number of hydrogen-bond donors (Lipinski definition) is 1. The summed E-state index contributed by atoms with van der Waals surface area (Å²) in [4.78, 5) is 25.2. The van der Waals surface area contributed by atoms with E-state index in [-0.39, 0.29) is 11.8 Å². The molecule has 0 unspecified atom stereocenters. The summed E-state index contributed by atoms with van der Waals surface area (Å²) in [7, 11) is 1.76. The van der Waals surface area contributed by atoms with Gasteiger partial charge in [-0.15, -0.1) is 0 Å². The number of nitrogens with one attached hydrogen (secondary N) is 1. The second kappa shape index (κ2) is 4.51. The number of anilines is 2. The van der Waals surface area contributed by atoms with E-state index in [0.717, 1.165) is 16.9 Å². The molecule has 96 valence electrons. The summed E-state index contributed by atoms with van der Waals surface area (Å²) in [6.07, 6.45) is 0.397. The second-order valence-corrected chi connectivity index (χ2v) is 5.22. The minimum Gasteiger partial charge on any atom is -0.322 e. The zero-order valence-corrected chi connectivity index (χ0v) is 11.2. The number of amides is 2. The third-order valence-electron chi connectivity index (χ3n) is 3.20. The molecule has 19 heavy (non-hydrogen) atoms. The van der Waals surface area contributed by atoms with Gasteiger partial charge >= 0.3 is 0 Å². The topological polar surface area (TPSA) is 49.4 Å². The van der Waals surface area contributed by atoms with Crippen LogP contribution in [0.15, 0.2) is 35.0 Å². The lowest BCUT2D eigenvalue weighted by Gasteiger charge is -2.10. The van der Waals surface area contributed by atoms with Gasteiger partial charge in [0.2, 0.25) is 5.91 Å². The van der Waals surface area contributed by atoms with E-state index in [9.17, 15) is 9.59 Å². The highest BCUT2D eigenvalue weighted by Crippen LogP contribution is 2.30. The van der Waals surface area contributed by atoms with Crippen molar-refractivity contribution in [2.45, 2.75) is 6.42 Å². The van der Waals surface area contributed by atoms with E-state index in [2.05, 4.69) is 5.32 Å². The fourth-order valence-corrected chi connectivity index (χ4v) is 2.78. The van der Waals surface area contributed by atoms with E-state index >= 15 is 0 Å². The Bertz CT molecular complexity index is 649. The predicted octanol–water partition coefficient (Wildman–Crippen LogP) is 2.52. The summed E-state index contributed by atoms with van der Waals surface area (Å²) in [5, 5.41) is 6.51. The lowest BCUT2D eigenvalue weighted by atomic mass is 10.1. The molecule has 1 aliphatic heterocycles. The average Bonchev–Trinajstić information content (AvgIpc) is 2.99. The Kier molecular flexibility index (Phi) is 2.83. The minimum atomic E-state index is -0.126. The summed E-state index contributed by atoms with van der Waals surface area (Å²) < 4.78 is 0. The van der Waals surface area contributed by atoms with Gasteiger partial charge in [-0.3, -0.25) is 9.59 Å². The first kappa shape index (κ1) is 11.9. The molecule has 1 N–H and O–H groups in total. The highest BCUT2D eigenvalue weighted by atomic mass is 32.1. The smallest absolute Gasteiger partial charge is 0.256 e. The van der Waals surface area contributed by atoms with Crippen molar-refractivity contribution in [3.8, 4) is 0 Å². The summed E-state index contributed by atoms with van der Waals surface area (Å²) in [6.45, 7) is 0. The fourth-order valence-electron chi connectivity index (χ4n) is 2.14. The van der Waals surface area contributed by atoms with E-state index in [1.807, 2.05) is 23.6 Å². The molecule has 3 rings (SSSR count). The number of benzene rings is 1. The van der Waals surface area contributed by atoms with Crippen molar-refractivity contribution < 1.29 is 9.59 Å². The summed E-state index contributed by atoms with van der Waals surface area (Å²) in [5.41, 5.74) is 3.24. The van der Waals surface area contributed by atoms with Crippen molar-refractivity contribution in [1.29, 1.82) is 0 Å². The lowest BCUT2D eigenvalue weighted by Crippen LogP contribution is -2.20. The van der Waals surface area contributed by atoms with Crippen LogP contribution in [0.2, 0.25) is 0 Å². The molecule has 1 aromatic heterocycles. The largest absolute Gasteiger partial charge is 0.322 e. The van der Waals surface area contributed by atoms with Crippen molar-refractivity contribution in [3.05, 3.63) is 46.2 Å². The van der Waals surface area contributed by atoms with Gasteiger partial charge < -0.3 is 10.2 Å². The number of likely N-dealkylation sites (N-methyl/N-ethyl adjacent to an activating group) is 1. The van der Waals surface area contributed by atoms with Crippen LogP contribution in [0, 0.1) is 0 Å². The van der Waals surface area contributed by atoms with E-state index in [1.54, 1.807) is 23.4 Å². The molecule has 0 saturated heterocycles. The summed E-state index contributed by atoms with van der Waals surface area (Å²) in [6, 6.07) is 7.33. The highest BCUT2D eigenvalue weighted by molar-refractivity contribution is 7.08. The zero-order chi connectivity index (χ0) is 13.4. The Morgan fingerprint density at radius 3 is 2.95 bits per heavy atom. The maximum Gasteiger partial charge on any atom is 0.256 e. The molecule has 0 spiro atoms. The van der Waals surface area contributed by atoms with Crippen LogP contribution < -0.4 is 10.2 Å². The fraction of sp³-hybridized carbons (Fsp3) is 0.143. The van der Waals surface area contributed by atoms with Crippen LogP contribution in [-0.2, 0) is 11.2 Å². The highest BCUT2D eigenvalue weighted by Gasteiger charge is 2.24. The van der Waals surface area contributed by atoms with E-state index in [1.165, 1.54) is 11.3 Å². The molecular weight excluding hydrogens is 260 g/mol. The van der Waals surface area contributed by atoms with Crippen LogP contribution in [0.4, 0.5) is 11.4 Å². The third-order valence-corrected chi connectivity index (χ3v) is 3.88. The third kappa shape index (κ3) is 2.13. The molecule has 5 heteroatoms. The Hall–Kier alpha value is -2.14. The van der Waals surface area contributed by atoms with Gasteiger partial charge in [0.1, 0.15) is 0 Å². The van der Waals surface area contributed by atoms with Crippen molar-refractivity contribution in [3.63, 3.8) is 0 Å². The average molecular weight is 272 g/mol. The Labute approximate surface area is 114 Å². The minimum absolute atomic E-state index is 0.0799. The molecule has 2 aromatic rings. The normalized spacial score (nSPS) is 13.5. The molecule has 1 aromatic carbocycles. The maximum atomic E-state index is 11.9. The zero-order valence-electron chi connectivity index (χ0n) is 10.3. The molecule has 0 radical (unpaired) electrons. The van der Waals surface area contributed by atoms with Gasteiger partial charge in [-0.1, -0.05) is 0 Å². The van der Waals surface area contributed by atoms with Gasteiger partial charge in [0.05, 0.1) is 12.0 Å². The van der Waals surface area contributed by atoms with Crippen LogP contribution in [0.3, 0.4) is 0 Å². The lowest BCUT2D eigenvalue weighted by molar-refractivity contribution is -0.117. The number of thiophene rings is 1. The number of hydrogen-bond acceptors (Lipinski definition) is 3. The monoisotopic (exact) mass is 272 g/mol. The maximum absolute atomic E-state index is 11.9. The molecular formula is C14H12N2O2S. The molecule has 0 atom stereocenters. The summed E-state index contributed by atoms with van der Waals surface area (Å²) in [5.74, 6) is -0.0461. The van der Waals surface area contributed by atoms with Gasteiger partial charge in [0.25, 0.3) is 5.91 Å². The van der Waals surface area contributed by atoms with Crippen LogP contribution in [0.5, 0.6) is 0 Å². The van der Waals surface area contributed by atoms with Gasteiger partial charge in [0, 0.05) is 23.8 Å². The van der Waals surface area contributed by atoms with Crippen molar-refractivity contribution in [2.24, 2.45) is 0 Å². The first-order valence-corrected chi connectivity index (χ1v) is 6.82. The Morgan fingerprint density at radius 1 is 1.37 bits per heavy atom. The number of fused-ring (bicyclic) bond motifs is 1. The molecule has 0 bridgehead atoms. The quantitative estimate of drug-likeness (QED) is 0.913. The van der Waals surface area contributed by atoms with Crippen LogP contribution in [0.1, 0.15) is 15.9 Å². The molecule has 2 amide bonds. The van der Waals surface area contributed by atoms with Gasteiger partial charge in [-0.2, -0.15) is 11.3 Å². The van der Waals surface area contributed by atoms with Gasteiger partial charge in [-0.25, -0.2) is 0 Å². The van der Waals surface area contributed by atoms with Gasteiger partial charge in [0.15, 0.2) is 0 Å². The van der Waals surface area contributed by atoms with Crippen molar-refractivity contribution >= 4 is 34.5 Å². The molecule has 0 aliphatic carbocycles. The van der Waals surface area contributed by atoms with Crippen LogP contribution in [-0.4, -0.2) is 18.9 Å². The van der Waals surface area contributed by atoms with Crippen molar-refractivity contribution in [2.75, 3.05) is 17.3 Å². The summed E-state index contributed by atoms with van der Waals surface area (Å²) >= 11 is 1.49. The first-order valence-electron chi connectivity index (χ1n) is 5.88. The number of nitrogens with zero attached hydrogens (tertiary/aromatic N) is 1. The SMILES string of the molecule is CN1C(=O)Cc2cc(NC(=O)c3ccsc3)ccc21. The molecule has 0 fully saturated rings. The number of carbonyl (C=O) groups is 2. The second-order valence-electron chi connectivity index (χ2n) is 4.44. The predicted molar refractivity (Wildman–Crippen MR) is 75.8 cm³/mol. The standard InChI is InChI=1S/C14H12N2O2S/c1-16-12-3-2-11(6-10(12)7-13(16)17)15-14(18)9-4-5-19-8-9/h2-6,8H,7H2,1H3,(H,15,18). The van der Waals surface area contributed by atoms with Crippen molar-refractivity contribution in [1.82, 2.24) is 0 Å². The van der Waals surface area contributed by atoms with Crippen LogP contribution >= 0.6 is 11.3 Å². The number of rotatable bonds is 2. The Morgan fingerprint density at radius 2 is 2.21 bits per heavy atom.